The molecule has 4 rings (SSSR count). The number of amides is 1. The largest absolute Gasteiger partial charge is 0.461 e. The van der Waals surface area contributed by atoms with Crippen molar-refractivity contribution in [2.45, 2.75) is 51.1 Å². The van der Waals surface area contributed by atoms with E-state index in [1.54, 1.807) is 30.1 Å². The Kier molecular flexibility index (Phi) is 5.20. The molecule has 0 radical (unpaired) electrons. The lowest BCUT2D eigenvalue weighted by Crippen LogP contribution is -2.33. The van der Waals surface area contributed by atoms with E-state index in [0.29, 0.717) is 12.8 Å². The Morgan fingerprint density at radius 2 is 1.97 bits per heavy atom. The van der Waals surface area contributed by atoms with Crippen molar-refractivity contribution in [3.05, 3.63) is 59.4 Å². The standard InChI is InChI=1S/C23H26N2O4S/c1-5-22-20(19-8-6-7-9-23(19)29-22)14-24(4)30(27,28)18-10-11-21-17(13-18)12-15(2)25(21)16(3)26/h6-11,13,15H,5,12,14H2,1-4H3. The minimum atomic E-state index is -3.70. The molecule has 1 aliphatic rings. The number of fused-ring (bicyclic) bond motifs is 2. The highest BCUT2D eigenvalue weighted by molar-refractivity contribution is 7.89. The number of nitrogens with zero attached hydrogens (tertiary/aromatic N) is 2. The van der Waals surface area contributed by atoms with Crippen LogP contribution in [0.1, 0.15) is 37.7 Å². The number of carbonyl (C=O) groups excluding carboxylic acids is 1. The molecular formula is C23H26N2O4S. The lowest BCUT2D eigenvalue weighted by Gasteiger charge is -2.21. The number of para-hydroxylation sites is 1. The summed E-state index contributed by atoms with van der Waals surface area (Å²) in [4.78, 5) is 13.9. The normalized spacial score (nSPS) is 16.4. The smallest absolute Gasteiger partial charge is 0.243 e. The molecule has 158 valence electrons. The van der Waals surface area contributed by atoms with Crippen LogP contribution in [-0.2, 0) is 34.2 Å². The molecule has 0 fully saturated rings. The van der Waals surface area contributed by atoms with Crippen molar-refractivity contribution in [1.29, 1.82) is 0 Å². The molecule has 1 aliphatic heterocycles. The minimum absolute atomic E-state index is 0.0255. The van der Waals surface area contributed by atoms with E-state index in [1.807, 2.05) is 38.1 Å². The van der Waals surface area contributed by atoms with E-state index in [4.69, 9.17) is 4.42 Å². The van der Waals surface area contributed by atoms with Gasteiger partial charge in [0.05, 0.1) is 4.90 Å². The van der Waals surface area contributed by atoms with Gasteiger partial charge in [-0.2, -0.15) is 4.31 Å². The number of hydrogen-bond donors (Lipinski definition) is 0. The molecule has 3 aromatic rings. The molecule has 2 aromatic carbocycles. The van der Waals surface area contributed by atoms with Crippen LogP contribution < -0.4 is 4.90 Å². The van der Waals surface area contributed by atoms with Crippen LogP contribution >= 0.6 is 0 Å². The Bertz CT molecular complexity index is 1230. The third-order valence-electron chi connectivity index (χ3n) is 5.80. The van der Waals surface area contributed by atoms with Crippen molar-refractivity contribution in [3.63, 3.8) is 0 Å². The Morgan fingerprint density at radius 3 is 2.67 bits per heavy atom. The lowest BCUT2D eigenvalue weighted by atomic mass is 10.1. The van der Waals surface area contributed by atoms with Crippen molar-refractivity contribution in [2.24, 2.45) is 0 Å². The predicted molar refractivity (Wildman–Crippen MR) is 117 cm³/mol. The maximum Gasteiger partial charge on any atom is 0.243 e. The molecule has 0 spiro atoms. The summed E-state index contributed by atoms with van der Waals surface area (Å²) in [6.07, 6.45) is 1.34. The van der Waals surface area contributed by atoms with Crippen molar-refractivity contribution in [3.8, 4) is 0 Å². The molecule has 1 atom stereocenters. The van der Waals surface area contributed by atoms with Crippen LogP contribution in [0.25, 0.3) is 11.0 Å². The second-order valence-electron chi connectivity index (χ2n) is 7.85. The van der Waals surface area contributed by atoms with Crippen molar-refractivity contribution >= 4 is 32.6 Å². The van der Waals surface area contributed by atoms with E-state index in [9.17, 15) is 13.2 Å². The van der Waals surface area contributed by atoms with E-state index in [2.05, 4.69) is 0 Å². The summed E-state index contributed by atoms with van der Waals surface area (Å²) in [6, 6.07) is 12.8. The number of benzene rings is 2. The summed E-state index contributed by atoms with van der Waals surface area (Å²) in [5.41, 5.74) is 3.35. The average molecular weight is 427 g/mol. The van der Waals surface area contributed by atoms with Gasteiger partial charge in [-0.05, 0) is 43.2 Å². The van der Waals surface area contributed by atoms with E-state index >= 15 is 0 Å². The summed E-state index contributed by atoms with van der Waals surface area (Å²) in [7, 11) is -2.11. The van der Waals surface area contributed by atoms with Crippen molar-refractivity contribution in [1.82, 2.24) is 4.31 Å². The van der Waals surface area contributed by atoms with Crippen LogP contribution in [0, 0.1) is 0 Å². The van der Waals surface area contributed by atoms with Gasteiger partial charge in [-0.25, -0.2) is 8.42 Å². The molecule has 0 N–H and O–H groups in total. The first-order valence-corrected chi connectivity index (χ1v) is 11.6. The van der Waals surface area contributed by atoms with E-state index in [-0.39, 0.29) is 23.4 Å². The monoisotopic (exact) mass is 426 g/mol. The van der Waals surface area contributed by atoms with Crippen LogP contribution in [0.15, 0.2) is 51.8 Å². The van der Waals surface area contributed by atoms with Crippen LogP contribution in [0.4, 0.5) is 5.69 Å². The van der Waals surface area contributed by atoms with Gasteiger partial charge in [0.15, 0.2) is 0 Å². The van der Waals surface area contributed by atoms with Crippen LogP contribution in [-0.4, -0.2) is 31.7 Å². The van der Waals surface area contributed by atoms with Gasteiger partial charge < -0.3 is 9.32 Å². The molecule has 1 amide bonds. The van der Waals surface area contributed by atoms with E-state index in [1.165, 1.54) is 11.2 Å². The molecule has 6 nitrogen and oxygen atoms in total. The zero-order chi connectivity index (χ0) is 21.6. The highest BCUT2D eigenvalue weighted by Gasteiger charge is 2.31. The fourth-order valence-electron chi connectivity index (χ4n) is 4.34. The van der Waals surface area contributed by atoms with Crippen molar-refractivity contribution in [2.75, 3.05) is 11.9 Å². The number of aryl methyl sites for hydroxylation is 1. The van der Waals surface area contributed by atoms with Gasteiger partial charge in [0, 0.05) is 49.6 Å². The highest BCUT2D eigenvalue weighted by Crippen LogP contribution is 2.35. The predicted octanol–water partition coefficient (Wildman–Crippen LogP) is 4.11. The SMILES string of the molecule is CCc1oc2ccccc2c1CN(C)S(=O)(=O)c1ccc2c(c1)CC(C)N2C(C)=O. The first-order chi connectivity index (χ1) is 14.2. The molecule has 30 heavy (non-hydrogen) atoms. The molecule has 0 aliphatic carbocycles. The molecule has 0 saturated carbocycles. The zero-order valence-electron chi connectivity index (χ0n) is 17.7. The summed E-state index contributed by atoms with van der Waals surface area (Å²) >= 11 is 0. The molecule has 0 bridgehead atoms. The number of furan rings is 1. The zero-order valence-corrected chi connectivity index (χ0v) is 18.5. The molecule has 1 aromatic heterocycles. The Balaban J connectivity index is 1.67. The summed E-state index contributed by atoms with van der Waals surface area (Å²) in [5, 5.41) is 0.941. The highest BCUT2D eigenvalue weighted by atomic mass is 32.2. The van der Waals surface area contributed by atoms with Gasteiger partial charge in [-0.15, -0.1) is 0 Å². The molecule has 2 heterocycles. The Morgan fingerprint density at radius 1 is 1.23 bits per heavy atom. The lowest BCUT2D eigenvalue weighted by molar-refractivity contribution is -0.116. The summed E-state index contributed by atoms with van der Waals surface area (Å²) in [5.74, 6) is 0.769. The first-order valence-electron chi connectivity index (χ1n) is 10.1. The molecule has 7 heteroatoms. The van der Waals surface area contributed by atoms with Gasteiger partial charge >= 0.3 is 0 Å². The average Bonchev–Trinajstić information content (AvgIpc) is 3.23. The van der Waals surface area contributed by atoms with Gasteiger partial charge in [-0.3, -0.25) is 4.79 Å². The quantitative estimate of drug-likeness (QED) is 0.615. The van der Waals surface area contributed by atoms with Gasteiger partial charge in [0.2, 0.25) is 15.9 Å². The topological polar surface area (TPSA) is 70.8 Å². The second kappa shape index (κ2) is 7.56. The molecule has 0 saturated heterocycles. The van der Waals surface area contributed by atoms with Crippen LogP contribution in [0.5, 0.6) is 0 Å². The first kappa shape index (κ1) is 20.6. The fourth-order valence-corrected chi connectivity index (χ4v) is 5.53. The fraction of sp³-hybridized carbons (Fsp3) is 0.348. The second-order valence-corrected chi connectivity index (χ2v) is 9.89. The Labute approximate surface area is 177 Å². The third-order valence-corrected chi connectivity index (χ3v) is 7.60. The van der Waals surface area contributed by atoms with Gasteiger partial charge in [0.25, 0.3) is 0 Å². The third kappa shape index (κ3) is 3.32. The maximum absolute atomic E-state index is 13.3. The summed E-state index contributed by atoms with van der Waals surface area (Å²) < 4.78 is 33.9. The minimum Gasteiger partial charge on any atom is -0.461 e. The van der Waals surface area contributed by atoms with E-state index in [0.717, 1.165) is 33.5 Å². The van der Waals surface area contributed by atoms with Crippen LogP contribution in [0.2, 0.25) is 0 Å². The molecular weight excluding hydrogens is 400 g/mol. The maximum atomic E-state index is 13.3. The number of sulfonamides is 1. The number of carbonyl (C=O) groups is 1. The number of anilines is 1. The molecule has 1 unspecified atom stereocenters. The van der Waals surface area contributed by atoms with Gasteiger partial charge in [-0.1, -0.05) is 25.1 Å². The van der Waals surface area contributed by atoms with E-state index < -0.39 is 10.0 Å². The summed E-state index contributed by atoms with van der Waals surface area (Å²) in [6.45, 7) is 5.73. The Hall–Kier alpha value is -2.64. The van der Waals surface area contributed by atoms with Gasteiger partial charge in [0.1, 0.15) is 11.3 Å². The number of rotatable bonds is 5. The number of hydrogen-bond acceptors (Lipinski definition) is 4. The van der Waals surface area contributed by atoms with Crippen molar-refractivity contribution < 1.29 is 17.6 Å². The van der Waals surface area contributed by atoms with Crippen LogP contribution in [0.3, 0.4) is 0 Å².